The molecule has 1 aromatic heterocycles. The van der Waals surface area contributed by atoms with Crippen LogP contribution in [0.2, 0.25) is 5.02 Å². The summed E-state index contributed by atoms with van der Waals surface area (Å²) in [5.41, 5.74) is 5.87. The average molecular weight is 262 g/mol. The summed E-state index contributed by atoms with van der Waals surface area (Å²) in [7, 11) is 0. The molecule has 0 bridgehead atoms. The molecule has 0 radical (unpaired) electrons. The molecular weight excluding hydrogens is 246 g/mol. The number of hydrogen-bond acceptors (Lipinski definition) is 3. The van der Waals surface area contributed by atoms with Crippen LogP contribution < -0.4 is 11.3 Å². The molecule has 3 N–H and O–H groups in total. The molecule has 0 aliphatic heterocycles. The minimum atomic E-state index is -0.0108. The van der Waals surface area contributed by atoms with Crippen molar-refractivity contribution in [2.75, 3.05) is 0 Å². The summed E-state index contributed by atoms with van der Waals surface area (Å²) in [5, 5.41) is 0.737. The zero-order valence-electron chi connectivity index (χ0n) is 10.2. The van der Waals surface area contributed by atoms with E-state index in [1.807, 2.05) is 49.4 Å². The van der Waals surface area contributed by atoms with Crippen molar-refractivity contribution in [2.45, 2.75) is 19.4 Å². The van der Waals surface area contributed by atoms with Gasteiger partial charge in [-0.05, 0) is 43.2 Å². The molecule has 0 aliphatic carbocycles. The van der Waals surface area contributed by atoms with E-state index in [2.05, 4.69) is 10.4 Å². The van der Waals surface area contributed by atoms with Crippen molar-refractivity contribution in [1.29, 1.82) is 0 Å². The largest absolute Gasteiger partial charge is 0.271 e. The second kappa shape index (κ2) is 5.96. The van der Waals surface area contributed by atoms with Crippen LogP contribution in [0.4, 0.5) is 0 Å². The van der Waals surface area contributed by atoms with E-state index in [-0.39, 0.29) is 6.04 Å². The molecule has 1 aromatic carbocycles. The van der Waals surface area contributed by atoms with Gasteiger partial charge in [0.25, 0.3) is 0 Å². The predicted octanol–water partition coefficient (Wildman–Crippen LogP) is 2.79. The molecule has 0 fully saturated rings. The third-order valence-electron chi connectivity index (χ3n) is 2.80. The zero-order chi connectivity index (χ0) is 13.0. The molecule has 2 aromatic rings. The summed E-state index contributed by atoms with van der Waals surface area (Å²) >= 11 is 5.98. The van der Waals surface area contributed by atoms with Crippen LogP contribution >= 0.6 is 11.6 Å². The molecular formula is C14H16ClN3. The van der Waals surface area contributed by atoms with Crippen LogP contribution in [-0.4, -0.2) is 4.98 Å². The van der Waals surface area contributed by atoms with Gasteiger partial charge in [0.1, 0.15) is 0 Å². The van der Waals surface area contributed by atoms with Crippen LogP contribution in [0.15, 0.2) is 42.5 Å². The molecule has 0 saturated carbocycles. The van der Waals surface area contributed by atoms with Crippen LogP contribution in [0.5, 0.6) is 0 Å². The van der Waals surface area contributed by atoms with E-state index in [1.54, 1.807) is 0 Å². The molecule has 3 nitrogen and oxygen atoms in total. The lowest BCUT2D eigenvalue weighted by Gasteiger charge is -2.16. The molecule has 0 aliphatic rings. The van der Waals surface area contributed by atoms with Crippen molar-refractivity contribution in [2.24, 2.45) is 5.84 Å². The van der Waals surface area contributed by atoms with Gasteiger partial charge in [-0.15, -0.1) is 0 Å². The Morgan fingerprint density at radius 1 is 1.28 bits per heavy atom. The third kappa shape index (κ3) is 3.29. The Morgan fingerprint density at radius 2 is 2.06 bits per heavy atom. The van der Waals surface area contributed by atoms with Crippen LogP contribution in [-0.2, 0) is 6.42 Å². The Morgan fingerprint density at radius 3 is 2.72 bits per heavy atom. The number of hydrogen-bond donors (Lipinski definition) is 2. The number of benzene rings is 1. The van der Waals surface area contributed by atoms with Gasteiger partial charge in [-0.2, -0.15) is 0 Å². The number of nitrogens with two attached hydrogens (primary N) is 1. The molecule has 4 heteroatoms. The Hall–Kier alpha value is -1.42. The average Bonchev–Trinajstić information content (AvgIpc) is 2.36. The van der Waals surface area contributed by atoms with Gasteiger partial charge in [-0.25, -0.2) is 0 Å². The number of hydrazine groups is 1. The first-order chi connectivity index (χ1) is 8.69. The van der Waals surface area contributed by atoms with E-state index in [1.165, 1.54) is 0 Å². The van der Waals surface area contributed by atoms with Gasteiger partial charge in [0.15, 0.2) is 0 Å². The van der Waals surface area contributed by atoms with Crippen LogP contribution in [0, 0.1) is 6.92 Å². The number of rotatable bonds is 4. The Bertz CT molecular complexity index is 528. The van der Waals surface area contributed by atoms with Gasteiger partial charge in [0.05, 0.1) is 11.7 Å². The van der Waals surface area contributed by atoms with E-state index in [9.17, 15) is 0 Å². The van der Waals surface area contributed by atoms with Gasteiger partial charge >= 0.3 is 0 Å². The van der Waals surface area contributed by atoms with Crippen LogP contribution in [0.3, 0.4) is 0 Å². The molecule has 1 heterocycles. The monoisotopic (exact) mass is 261 g/mol. The summed E-state index contributed by atoms with van der Waals surface area (Å²) in [5.74, 6) is 5.62. The lowest BCUT2D eigenvalue weighted by atomic mass is 10.0. The van der Waals surface area contributed by atoms with E-state index >= 15 is 0 Å². The topological polar surface area (TPSA) is 50.9 Å². The van der Waals surface area contributed by atoms with Gasteiger partial charge in [0.2, 0.25) is 0 Å². The normalized spacial score (nSPS) is 12.4. The fraction of sp³-hybridized carbons (Fsp3) is 0.214. The van der Waals surface area contributed by atoms with Crippen molar-refractivity contribution in [1.82, 2.24) is 10.4 Å². The molecule has 18 heavy (non-hydrogen) atoms. The lowest BCUT2D eigenvalue weighted by molar-refractivity contribution is 0.537. The summed E-state index contributed by atoms with van der Waals surface area (Å²) in [6.07, 6.45) is 0.757. The molecule has 1 unspecified atom stereocenters. The summed E-state index contributed by atoms with van der Waals surface area (Å²) in [6, 6.07) is 13.7. The van der Waals surface area contributed by atoms with Crippen molar-refractivity contribution in [3.63, 3.8) is 0 Å². The summed E-state index contributed by atoms with van der Waals surface area (Å²) in [4.78, 5) is 4.49. The van der Waals surface area contributed by atoms with E-state index in [0.29, 0.717) is 0 Å². The number of nitrogens with one attached hydrogen (secondary N) is 1. The van der Waals surface area contributed by atoms with Gasteiger partial charge in [-0.3, -0.25) is 16.3 Å². The Balaban J connectivity index is 2.19. The molecule has 94 valence electrons. The first-order valence-corrected chi connectivity index (χ1v) is 6.21. The minimum absolute atomic E-state index is 0.0108. The maximum Gasteiger partial charge on any atom is 0.0672 e. The maximum atomic E-state index is 5.98. The molecule has 0 spiro atoms. The van der Waals surface area contributed by atoms with E-state index in [0.717, 1.165) is 28.4 Å². The standard InChI is InChI=1S/C14H16ClN3/c1-10-4-2-7-13(17-10)14(18-16)9-11-5-3-6-12(15)8-11/h2-8,14,18H,9,16H2,1H3. The Labute approximate surface area is 112 Å². The summed E-state index contributed by atoms with van der Waals surface area (Å²) in [6.45, 7) is 1.97. The highest BCUT2D eigenvalue weighted by atomic mass is 35.5. The number of halogens is 1. The fourth-order valence-electron chi connectivity index (χ4n) is 1.91. The van der Waals surface area contributed by atoms with E-state index in [4.69, 9.17) is 17.4 Å². The number of aromatic nitrogens is 1. The quantitative estimate of drug-likeness (QED) is 0.657. The van der Waals surface area contributed by atoms with E-state index < -0.39 is 0 Å². The molecule has 1 atom stereocenters. The molecule has 0 saturated heterocycles. The highest BCUT2D eigenvalue weighted by Gasteiger charge is 2.12. The smallest absolute Gasteiger partial charge is 0.0672 e. The first-order valence-electron chi connectivity index (χ1n) is 5.83. The minimum Gasteiger partial charge on any atom is -0.271 e. The van der Waals surface area contributed by atoms with Gasteiger partial charge in [0, 0.05) is 10.7 Å². The zero-order valence-corrected chi connectivity index (χ0v) is 11.0. The first kappa shape index (κ1) is 13.0. The lowest BCUT2D eigenvalue weighted by Crippen LogP contribution is -2.30. The number of aryl methyl sites for hydroxylation is 1. The molecule has 0 amide bonds. The van der Waals surface area contributed by atoms with Crippen molar-refractivity contribution < 1.29 is 0 Å². The van der Waals surface area contributed by atoms with Crippen molar-refractivity contribution in [3.05, 3.63) is 64.4 Å². The number of nitrogens with zero attached hydrogens (tertiary/aromatic N) is 1. The van der Waals surface area contributed by atoms with Crippen LogP contribution in [0.25, 0.3) is 0 Å². The second-order valence-electron chi connectivity index (χ2n) is 4.26. The molecule has 2 rings (SSSR count). The van der Waals surface area contributed by atoms with Gasteiger partial charge < -0.3 is 0 Å². The van der Waals surface area contributed by atoms with Crippen molar-refractivity contribution in [3.8, 4) is 0 Å². The number of pyridine rings is 1. The highest BCUT2D eigenvalue weighted by Crippen LogP contribution is 2.18. The van der Waals surface area contributed by atoms with Crippen molar-refractivity contribution >= 4 is 11.6 Å². The SMILES string of the molecule is Cc1cccc(C(Cc2cccc(Cl)c2)NN)n1. The summed E-state index contributed by atoms with van der Waals surface area (Å²) < 4.78 is 0. The van der Waals surface area contributed by atoms with Crippen LogP contribution in [0.1, 0.15) is 23.0 Å². The maximum absolute atomic E-state index is 5.98. The second-order valence-corrected chi connectivity index (χ2v) is 4.69. The highest BCUT2D eigenvalue weighted by molar-refractivity contribution is 6.30. The van der Waals surface area contributed by atoms with Gasteiger partial charge in [-0.1, -0.05) is 29.8 Å². The Kier molecular flexibility index (Phi) is 4.31. The predicted molar refractivity (Wildman–Crippen MR) is 74.2 cm³/mol. The fourth-order valence-corrected chi connectivity index (χ4v) is 2.12. The third-order valence-corrected chi connectivity index (χ3v) is 3.03.